The Kier molecular flexibility index (Phi) is 5.32. The Labute approximate surface area is 106 Å². The van der Waals surface area contributed by atoms with E-state index in [0.717, 1.165) is 0 Å². The molecule has 18 heavy (non-hydrogen) atoms. The summed E-state index contributed by atoms with van der Waals surface area (Å²) in [6.45, 7) is 3.64. The Hall–Kier alpha value is -1.88. The van der Waals surface area contributed by atoms with Crippen LogP contribution in [0, 0.1) is 0 Å². The van der Waals surface area contributed by atoms with Gasteiger partial charge in [0.25, 0.3) is 5.91 Å². The lowest BCUT2D eigenvalue weighted by Crippen LogP contribution is -2.41. The molecule has 1 aromatic carbocycles. The number of carbonyl (C=O) groups excluding carboxylic acids is 2. The predicted molar refractivity (Wildman–Crippen MR) is 68.1 cm³/mol. The highest BCUT2D eigenvalue weighted by Crippen LogP contribution is 2.16. The standard InChI is InChI=1S/C13H18N2O3/c1-3-11(16)9-5-7-10(8-6-9)18-12(4-2)13(17)15-14/h5-8,12H,3-4,14H2,1-2H3,(H,15,17). The number of ether oxygens (including phenoxy) is 1. The van der Waals surface area contributed by atoms with Crippen molar-refractivity contribution in [1.82, 2.24) is 5.43 Å². The molecule has 0 saturated carbocycles. The lowest BCUT2D eigenvalue weighted by molar-refractivity contribution is -0.128. The first-order chi connectivity index (χ1) is 8.62. The Morgan fingerprint density at radius 2 is 1.89 bits per heavy atom. The summed E-state index contributed by atoms with van der Waals surface area (Å²) in [6, 6.07) is 6.73. The zero-order valence-corrected chi connectivity index (χ0v) is 10.6. The van der Waals surface area contributed by atoms with Gasteiger partial charge in [-0.05, 0) is 30.7 Å². The van der Waals surface area contributed by atoms with E-state index in [2.05, 4.69) is 5.43 Å². The number of nitrogens with two attached hydrogens (primary N) is 1. The maximum absolute atomic E-state index is 11.4. The minimum atomic E-state index is -0.622. The van der Waals surface area contributed by atoms with Crippen molar-refractivity contribution in [1.29, 1.82) is 0 Å². The molecule has 3 N–H and O–H groups in total. The second-order valence-corrected chi connectivity index (χ2v) is 3.82. The first kappa shape index (κ1) is 14.2. The second kappa shape index (κ2) is 6.76. The molecule has 0 aliphatic rings. The van der Waals surface area contributed by atoms with Gasteiger partial charge in [-0.25, -0.2) is 5.84 Å². The van der Waals surface area contributed by atoms with E-state index in [1.54, 1.807) is 24.3 Å². The van der Waals surface area contributed by atoms with Gasteiger partial charge in [-0.3, -0.25) is 15.0 Å². The van der Waals surface area contributed by atoms with Crippen LogP contribution in [0.1, 0.15) is 37.0 Å². The van der Waals surface area contributed by atoms with E-state index in [4.69, 9.17) is 10.6 Å². The zero-order chi connectivity index (χ0) is 13.5. The van der Waals surface area contributed by atoms with E-state index in [1.165, 1.54) is 0 Å². The van der Waals surface area contributed by atoms with E-state index < -0.39 is 6.10 Å². The molecule has 98 valence electrons. The minimum absolute atomic E-state index is 0.0771. The van der Waals surface area contributed by atoms with Gasteiger partial charge in [-0.1, -0.05) is 13.8 Å². The lowest BCUT2D eigenvalue weighted by atomic mass is 10.1. The summed E-state index contributed by atoms with van der Waals surface area (Å²) in [5, 5.41) is 0. The van der Waals surface area contributed by atoms with Crippen LogP contribution >= 0.6 is 0 Å². The van der Waals surface area contributed by atoms with Crippen molar-refractivity contribution in [3.63, 3.8) is 0 Å². The van der Waals surface area contributed by atoms with Crippen LogP contribution in [0.25, 0.3) is 0 Å². The molecule has 1 atom stereocenters. The Morgan fingerprint density at radius 1 is 1.28 bits per heavy atom. The Bertz CT molecular complexity index is 415. The molecular formula is C13H18N2O3. The summed E-state index contributed by atoms with van der Waals surface area (Å²) in [5.74, 6) is 5.31. The molecule has 0 aliphatic carbocycles. The van der Waals surface area contributed by atoms with Gasteiger partial charge in [0.05, 0.1) is 0 Å². The predicted octanol–water partition coefficient (Wildman–Crippen LogP) is 1.43. The van der Waals surface area contributed by atoms with Crippen LogP contribution in [0.2, 0.25) is 0 Å². The highest BCUT2D eigenvalue weighted by Gasteiger charge is 2.16. The highest BCUT2D eigenvalue weighted by atomic mass is 16.5. The monoisotopic (exact) mass is 250 g/mol. The van der Waals surface area contributed by atoms with Crippen molar-refractivity contribution in [3.8, 4) is 5.75 Å². The molecule has 5 nitrogen and oxygen atoms in total. The third-order valence-electron chi connectivity index (χ3n) is 2.58. The molecule has 1 amide bonds. The van der Waals surface area contributed by atoms with Crippen LogP contribution in [0.4, 0.5) is 0 Å². The largest absolute Gasteiger partial charge is 0.481 e. The summed E-state index contributed by atoms with van der Waals surface area (Å²) < 4.78 is 5.48. The lowest BCUT2D eigenvalue weighted by Gasteiger charge is -2.15. The molecule has 0 saturated heterocycles. The molecule has 1 unspecified atom stereocenters. The fourth-order valence-corrected chi connectivity index (χ4v) is 1.50. The number of carbonyl (C=O) groups is 2. The molecule has 0 spiro atoms. The number of amides is 1. The molecule has 1 rings (SSSR count). The average Bonchev–Trinajstić information content (AvgIpc) is 2.43. The first-order valence-corrected chi connectivity index (χ1v) is 5.92. The molecule has 0 aromatic heterocycles. The minimum Gasteiger partial charge on any atom is -0.481 e. The van der Waals surface area contributed by atoms with Crippen molar-refractivity contribution in [2.75, 3.05) is 0 Å². The molecular weight excluding hydrogens is 232 g/mol. The van der Waals surface area contributed by atoms with Crippen molar-refractivity contribution in [3.05, 3.63) is 29.8 Å². The fraction of sp³-hybridized carbons (Fsp3) is 0.385. The fourth-order valence-electron chi connectivity index (χ4n) is 1.50. The number of benzene rings is 1. The normalized spacial score (nSPS) is 11.7. The number of rotatable bonds is 6. The number of hydrogen-bond donors (Lipinski definition) is 2. The van der Waals surface area contributed by atoms with Crippen LogP contribution in [-0.4, -0.2) is 17.8 Å². The first-order valence-electron chi connectivity index (χ1n) is 5.92. The SMILES string of the molecule is CCC(=O)c1ccc(OC(CC)C(=O)NN)cc1. The molecule has 0 bridgehead atoms. The van der Waals surface area contributed by atoms with Gasteiger partial charge in [0.1, 0.15) is 5.75 Å². The van der Waals surface area contributed by atoms with E-state index in [0.29, 0.717) is 24.2 Å². The zero-order valence-electron chi connectivity index (χ0n) is 10.6. The van der Waals surface area contributed by atoms with E-state index in [1.807, 2.05) is 13.8 Å². The Balaban J connectivity index is 2.73. The van der Waals surface area contributed by atoms with E-state index in [-0.39, 0.29) is 11.7 Å². The van der Waals surface area contributed by atoms with Crippen LogP contribution in [0.3, 0.4) is 0 Å². The summed E-state index contributed by atoms with van der Waals surface area (Å²) in [6.07, 6.45) is 0.356. The van der Waals surface area contributed by atoms with Gasteiger partial charge in [-0.2, -0.15) is 0 Å². The van der Waals surface area contributed by atoms with Gasteiger partial charge in [0.15, 0.2) is 11.9 Å². The van der Waals surface area contributed by atoms with Gasteiger partial charge >= 0.3 is 0 Å². The summed E-state index contributed by atoms with van der Waals surface area (Å²) >= 11 is 0. The number of hydrogen-bond acceptors (Lipinski definition) is 4. The number of ketones is 1. The van der Waals surface area contributed by atoms with E-state index in [9.17, 15) is 9.59 Å². The second-order valence-electron chi connectivity index (χ2n) is 3.82. The smallest absolute Gasteiger partial charge is 0.274 e. The number of hydrazine groups is 1. The van der Waals surface area contributed by atoms with Crippen LogP contribution < -0.4 is 16.0 Å². The maximum Gasteiger partial charge on any atom is 0.274 e. The van der Waals surface area contributed by atoms with Gasteiger partial charge < -0.3 is 4.74 Å². The average molecular weight is 250 g/mol. The molecule has 0 heterocycles. The van der Waals surface area contributed by atoms with Crippen LogP contribution in [-0.2, 0) is 4.79 Å². The molecule has 0 radical (unpaired) electrons. The molecule has 1 aromatic rings. The van der Waals surface area contributed by atoms with Gasteiger partial charge in [-0.15, -0.1) is 0 Å². The number of Topliss-reactive ketones (excluding diaryl/α,β-unsaturated/α-hetero) is 1. The van der Waals surface area contributed by atoms with Gasteiger partial charge in [0, 0.05) is 12.0 Å². The van der Waals surface area contributed by atoms with Crippen molar-refractivity contribution < 1.29 is 14.3 Å². The Morgan fingerprint density at radius 3 is 2.33 bits per heavy atom. The quantitative estimate of drug-likeness (QED) is 0.346. The highest BCUT2D eigenvalue weighted by molar-refractivity contribution is 5.95. The van der Waals surface area contributed by atoms with Crippen molar-refractivity contribution in [2.24, 2.45) is 5.84 Å². The topological polar surface area (TPSA) is 81.4 Å². The van der Waals surface area contributed by atoms with Gasteiger partial charge in [0.2, 0.25) is 0 Å². The third-order valence-corrected chi connectivity index (χ3v) is 2.58. The molecule has 5 heteroatoms. The summed E-state index contributed by atoms with van der Waals surface area (Å²) in [4.78, 5) is 22.8. The van der Waals surface area contributed by atoms with Crippen molar-refractivity contribution >= 4 is 11.7 Å². The summed E-state index contributed by atoms with van der Waals surface area (Å²) in [5.41, 5.74) is 2.70. The van der Waals surface area contributed by atoms with Crippen LogP contribution in [0.5, 0.6) is 5.75 Å². The van der Waals surface area contributed by atoms with Crippen LogP contribution in [0.15, 0.2) is 24.3 Å². The number of nitrogens with one attached hydrogen (secondary N) is 1. The van der Waals surface area contributed by atoms with E-state index >= 15 is 0 Å². The molecule has 0 fully saturated rings. The third kappa shape index (κ3) is 3.56. The summed E-state index contributed by atoms with van der Waals surface area (Å²) in [7, 11) is 0. The molecule has 0 aliphatic heterocycles. The maximum atomic E-state index is 11.4. The van der Waals surface area contributed by atoms with Crippen molar-refractivity contribution in [2.45, 2.75) is 32.8 Å².